The van der Waals surface area contributed by atoms with Crippen molar-refractivity contribution in [2.24, 2.45) is 5.11 Å². The van der Waals surface area contributed by atoms with Gasteiger partial charge in [-0.3, -0.25) is 0 Å². The number of hydrogen-bond acceptors (Lipinski definition) is 3. The number of hydrogen-bond donors (Lipinski definition) is 0. The summed E-state index contributed by atoms with van der Waals surface area (Å²) in [5.74, 6) is 0. The highest BCUT2D eigenvalue weighted by Gasteiger charge is 2.26. The first-order valence-corrected chi connectivity index (χ1v) is 3.03. The normalized spacial score (nSPS) is 31.7. The Morgan fingerprint density at radius 3 is 3.10 bits per heavy atom. The molecule has 0 aliphatic carbocycles. The second kappa shape index (κ2) is 3.41. The average Bonchev–Trinajstić information content (AvgIpc) is 2.36. The van der Waals surface area contributed by atoms with Gasteiger partial charge in [-0.2, -0.15) is 0 Å². The minimum Gasteiger partial charge on any atom is -0.379 e. The van der Waals surface area contributed by atoms with E-state index in [4.69, 9.17) is 15.0 Å². The van der Waals surface area contributed by atoms with Gasteiger partial charge in [0.2, 0.25) is 0 Å². The number of methoxy groups -OCH3 is 1. The standard InChI is InChI=1S/C5H9N3O2/c1-9-5-3-10-2-4(5)7-8-6/h4-5H,2-3H2,1H3. The Kier molecular flexibility index (Phi) is 2.50. The summed E-state index contributed by atoms with van der Waals surface area (Å²) >= 11 is 0. The van der Waals surface area contributed by atoms with Crippen molar-refractivity contribution in [1.29, 1.82) is 0 Å². The minimum absolute atomic E-state index is 0.0594. The van der Waals surface area contributed by atoms with E-state index in [-0.39, 0.29) is 12.1 Å². The van der Waals surface area contributed by atoms with Gasteiger partial charge in [-0.1, -0.05) is 5.11 Å². The van der Waals surface area contributed by atoms with Gasteiger partial charge in [0.25, 0.3) is 0 Å². The summed E-state index contributed by atoms with van der Waals surface area (Å²) in [6.45, 7) is 1.00. The van der Waals surface area contributed by atoms with E-state index in [1.807, 2.05) is 0 Å². The maximum absolute atomic E-state index is 8.09. The van der Waals surface area contributed by atoms with Crippen LogP contribution >= 0.6 is 0 Å². The molecule has 1 heterocycles. The summed E-state index contributed by atoms with van der Waals surface area (Å²) < 4.78 is 10.0. The lowest BCUT2D eigenvalue weighted by Crippen LogP contribution is -2.23. The second-order valence-corrected chi connectivity index (χ2v) is 2.08. The largest absolute Gasteiger partial charge is 0.379 e. The van der Waals surface area contributed by atoms with E-state index in [1.54, 1.807) is 7.11 Å². The highest BCUT2D eigenvalue weighted by atomic mass is 16.5. The number of azide groups is 1. The lowest BCUT2D eigenvalue weighted by Gasteiger charge is -2.08. The topological polar surface area (TPSA) is 67.2 Å². The van der Waals surface area contributed by atoms with Crippen LogP contribution in [0, 0.1) is 0 Å². The van der Waals surface area contributed by atoms with Crippen LogP contribution in [0.15, 0.2) is 5.11 Å². The molecular formula is C5H9N3O2. The Bertz CT molecular complexity index is 155. The highest BCUT2D eigenvalue weighted by Crippen LogP contribution is 2.11. The van der Waals surface area contributed by atoms with E-state index in [0.717, 1.165) is 0 Å². The van der Waals surface area contributed by atoms with Crippen LogP contribution in [0.3, 0.4) is 0 Å². The summed E-state index contributed by atoms with van der Waals surface area (Å²) in [7, 11) is 1.58. The summed E-state index contributed by atoms with van der Waals surface area (Å²) in [6.07, 6.45) is -0.0594. The molecule has 0 bridgehead atoms. The molecule has 1 rings (SSSR count). The smallest absolute Gasteiger partial charge is 0.0911 e. The third kappa shape index (κ3) is 1.39. The van der Waals surface area contributed by atoms with Crippen molar-refractivity contribution < 1.29 is 9.47 Å². The Labute approximate surface area is 58.6 Å². The zero-order chi connectivity index (χ0) is 7.40. The lowest BCUT2D eigenvalue weighted by atomic mass is 10.2. The zero-order valence-electron chi connectivity index (χ0n) is 5.73. The molecule has 0 aromatic rings. The van der Waals surface area contributed by atoms with Crippen molar-refractivity contribution in [1.82, 2.24) is 0 Å². The van der Waals surface area contributed by atoms with Crippen LogP contribution in [0.4, 0.5) is 0 Å². The molecule has 1 saturated heterocycles. The first-order valence-electron chi connectivity index (χ1n) is 3.03. The van der Waals surface area contributed by atoms with Gasteiger partial charge in [-0.05, 0) is 5.53 Å². The maximum atomic E-state index is 8.09. The van der Waals surface area contributed by atoms with Crippen LogP contribution < -0.4 is 0 Å². The van der Waals surface area contributed by atoms with Gasteiger partial charge in [0, 0.05) is 12.0 Å². The van der Waals surface area contributed by atoms with Crippen molar-refractivity contribution in [3.8, 4) is 0 Å². The Hall–Kier alpha value is -0.770. The molecule has 56 valence electrons. The van der Waals surface area contributed by atoms with Crippen molar-refractivity contribution >= 4 is 0 Å². The molecule has 5 heteroatoms. The van der Waals surface area contributed by atoms with Crippen LogP contribution in [-0.4, -0.2) is 32.5 Å². The Balaban J connectivity index is 2.49. The predicted octanol–water partition coefficient (Wildman–Crippen LogP) is 0.710. The fourth-order valence-corrected chi connectivity index (χ4v) is 0.922. The number of rotatable bonds is 2. The highest BCUT2D eigenvalue weighted by molar-refractivity contribution is 4.81. The second-order valence-electron chi connectivity index (χ2n) is 2.08. The van der Waals surface area contributed by atoms with Gasteiger partial charge < -0.3 is 9.47 Å². The molecule has 1 aliphatic rings. The van der Waals surface area contributed by atoms with Gasteiger partial charge in [0.15, 0.2) is 0 Å². The Morgan fingerprint density at radius 1 is 1.70 bits per heavy atom. The zero-order valence-corrected chi connectivity index (χ0v) is 5.73. The molecule has 0 aromatic heterocycles. The minimum atomic E-state index is -0.144. The molecule has 0 spiro atoms. The Morgan fingerprint density at radius 2 is 2.50 bits per heavy atom. The monoisotopic (exact) mass is 143 g/mol. The van der Waals surface area contributed by atoms with Gasteiger partial charge in [-0.25, -0.2) is 0 Å². The average molecular weight is 143 g/mol. The third-order valence-corrected chi connectivity index (χ3v) is 1.50. The first kappa shape index (κ1) is 7.34. The number of nitrogens with zero attached hydrogens (tertiary/aromatic N) is 3. The summed E-state index contributed by atoms with van der Waals surface area (Å²) in [5.41, 5.74) is 8.09. The van der Waals surface area contributed by atoms with E-state index in [0.29, 0.717) is 13.2 Å². The SMILES string of the molecule is COC1COCC1N=[N+]=[N-]. The molecule has 0 N–H and O–H groups in total. The molecule has 0 saturated carbocycles. The molecule has 5 nitrogen and oxygen atoms in total. The summed E-state index contributed by atoms with van der Waals surface area (Å²) in [6, 6.07) is -0.144. The van der Waals surface area contributed by atoms with E-state index < -0.39 is 0 Å². The molecule has 10 heavy (non-hydrogen) atoms. The summed E-state index contributed by atoms with van der Waals surface area (Å²) in [5, 5.41) is 3.51. The quantitative estimate of drug-likeness (QED) is 0.324. The maximum Gasteiger partial charge on any atom is 0.0911 e. The van der Waals surface area contributed by atoms with Crippen molar-refractivity contribution in [2.45, 2.75) is 12.1 Å². The van der Waals surface area contributed by atoms with Crippen LogP contribution in [0.1, 0.15) is 0 Å². The number of ether oxygens (including phenoxy) is 2. The predicted molar refractivity (Wildman–Crippen MR) is 34.5 cm³/mol. The van der Waals surface area contributed by atoms with Crippen LogP contribution in [0.5, 0.6) is 0 Å². The van der Waals surface area contributed by atoms with Crippen LogP contribution in [0.25, 0.3) is 10.4 Å². The van der Waals surface area contributed by atoms with E-state index >= 15 is 0 Å². The fourth-order valence-electron chi connectivity index (χ4n) is 0.922. The molecule has 0 aromatic carbocycles. The van der Waals surface area contributed by atoms with E-state index in [9.17, 15) is 0 Å². The van der Waals surface area contributed by atoms with E-state index in [2.05, 4.69) is 10.0 Å². The van der Waals surface area contributed by atoms with Gasteiger partial charge in [0.05, 0.1) is 25.4 Å². The van der Waals surface area contributed by atoms with Crippen molar-refractivity contribution in [3.05, 3.63) is 10.4 Å². The van der Waals surface area contributed by atoms with Gasteiger partial charge >= 0.3 is 0 Å². The van der Waals surface area contributed by atoms with Crippen LogP contribution in [0.2, 0.25) is 0 Å². The van der Waals surface area contributed by atoms with Crippen molar-refractivity contribution in [2.75, 3.05) is 20.3 Å². The van der Waals surface area contributed by atoms with Crippen LogP contribution in [-0.2, 0) is 9.47 Å². The first-order chi connectivity index (χ1) is 4.88. The molecule has 0 amide bonds. The molecular weight excluding hydrogens is 134 g/mol. The third-order valence-electron chi connectivity index (χ3n) is 1.50. The molecule has 0 radical (unpaired) electrons. The van der Waals surface area contributed by atoms with Crippen molar-refractivity contribution in [3.63, 3.8) is 0 Å². The van der Waals surface area contributed by atoms with Gasteiger partial charge in [0.1, 0.15) is 0 Å². The van der Waals surface area contributed by atoms with E-state index in [1.165, 1.54) is 0 Å². The molecule has 2 unspecified atom stereocenters. The van der Waals surface area contributed by atoms with Gasteiger partial charge in [-0.15, -0.1) is 0 Å². The fraction of sp³-hybridized carbons (Fsp3) is 1.00. The molecule has 1 fully saturated rings. The molecule has 2 atom stereocenters. The lowest BCUT2D eigenvalue weighted by molar-refractivity contribution is 0.0778. The molecule has 1 aliphatic heterocycles. The summed E-state index contributed by atoms with van der Waals surface area (Å²) in [4.78, 5) is 2.68.